The lowest BCUT2D eigenvalue weighted by atomic mass is 9.69. The van der Waals surface area contributed by atoms with Crippen LogP contribution in [0.4, 0.5) is 22.0 Å². The highest BCUT2D eigenvalue weighted by atomic mass is 19.4. The lowest BCUT2D eigenvalue weighted by Gasteiger charge is -2.45. The van der Waals surface area contributed by atoms with Crippen LogP contribution in [0.2, 0.25) is 0 Å². The number of hydrogen-bond acceptors (Lipinski definition) is 1. The van der Waals surface area contributed by atoms with E-state index < -0.39 is 36.0 Å². The first-order chi connectivity index (χ1) is 8.04. The molecule has 18 heavy (non-hydrogen) atoms. The molecule has 0 aliphatic heterocycles. The van der Waals surface area contributed by atoms with Gasteiger partial charge in [0.2, 0.25) is 0 Å². The number of alkyl halides is 5. The third-order valence-corrected chi connectivity index (χ3v) is 3.27. The average molecular weight is 265 g/mol. The largest absolute Gasteiger partial charge is 0.416 e. The van der Waals surface area contributed by atoms with Gasteiger partial charge >= 0.3 is 6.18 Å². The lowest BCUT2D eigenvalue weighted by molar-refractivity contribution is -0.138. The molecular formula is C12H12F5N. The van der Waals surface area contributed by atoms with E-state index >= 15 is 0 Å². The smallest absolute Gasteiger partial charge is 0.321 e. The molecule has 0 amide bonds. The predicted molar refractivity (Wildman–Crippen MR) is 56.2 cm³/mol. The fourth-order valence-electron chi connectivity index (χ4n) is 2.31. The summed E-state index contributed by atoms with van der Waals surface area (Å²) in [7, 11) is 0. The van der Waals surface area contributed by atoms with Crippen molar-refractivity contribution in [1.82, 2.24) is 0 Å². The summed E-state index contributed by atoms with van der Waals surface area (Å²) in [5.74, 6) is -2.88. The van der Waals surface area contributed by atoms with Crippen molar-refractivity contribution in [2.75, 3.05) is 0 Å². The molecule has 6 heteroatoms. The maximum atomic E-state index is 12.8. The molecule has 1 saturated carbocycles. The van der Waals surface area contributed by atoms with Crippen LogP contribution < -0.4 is 5.73 Å². The van der Waals surface area contributed by atoms with Crippen molar-refractivity contribution in [3.63, 3.8) is 0 Å². The molecule has 2 rings (SSSR count). The molecule has 2 N–H and O–H groups in total. The summed E-state index contributed by atoms with van der Waals surface area (Å²) in [6.45, 7) is 1.32. The van der Waals surface area contributed by atoms with E-state index in [1.54, 1.807) is 0 Å². The van der Waals surface area contributed by atoms with Crippen LogP contribution in [0.25, 0.3) is 0 Å². The molecule has 0 bridgehead atoms. The van der Waals surface area contributed by atoms with Gasteiger partial charge in [0.1, 0.15) is 0 Å². The van der Waals surface area contributed by atoms with Crippen LogP contribution >= 0.6 is 0 Å². The molecule has 1 nitrogen and oxygen atoms in total. The minimum Gasteiger partial charge on any atom is -0.321 e. The molecule has 1 aliphatic rings. The molecule has 0 saturated heterocycles. The van der Waals surface area contributed by atoms with Crippen molar-refractivity contribution in [2.45, 2.75) is 37.4 Å². The molecular weight excluding hydrogens is 253 g/mol. The Balaban J connectivity index is 2.37. The number of benzene rings is 1. The second-order valence-corrected chi connectivity index (χ2v) is 4.89. The first-order valence-corrected chi connectivity index (χ1v) is 5.39. The Morgan fingerprint density at radius 1 is 1.17 bits per heavy atom. The molecule has 1 fully saturated rings. The Kier molecular flexibility index (Phi) is 2.70. The van der Waals surface area contributed by atoms with E-state index in [9.17, 15) is 22.0 Å². The van der Waals surface area contributed by atoms with E-state index in [1.807, 2.05) is 0 Å². The zero-order valence-electron chi connectivity index (χ0n) is 9.61. The number of rotatable bonds is 1. The Bertz CT molecular complexity index is 470. The van der Waals surface area contributed by atoms with E-state index in [0.29, 0.717) is 0 Å². The molecule has 0 radical (unpaired) electrons. The van der Waals surface area contributed by atoms with Crippen molar-refractivity contribution >= 4 is 0 Å². The normalized spacial score (nSPS) is 21.5. The highest BCUT2D eigenvalue weighted by molar-refractivity contribution is 5.38. The van der Waals surface area contributed by atoms with Crippen LogP contribution in [0.3, 0.4) is 0 Å². The summed E-state index contributed by atoms with van der Waals surface area (Å²) in [6, 6.07) is 3.54. The van der Waals surface area contributed by atoms with Gasteiger partial charge < -0.3 is 5.73 Å². The van der Waals surface area contributed by atoms with Gasteiger partial charge in [-0.25, -0.2) is 8.78 Å². The highest BCUT2D eigenvalue weighted by Gasteiger charge is 2.55. The number of aryl methyl sites for hydroxylation is 1. The van der Waals surface area contributed by atoms with Crippen LogP contribution in [0, 0.1) is 6.92 Å². The Morgan fingerprint density at radius 2 is 1.72 bits per heavy atom. The first-order valence-electron chi connectivity index (χ1n) is 5.39. The Morgan fingerprint density at radius 3 is 2.17 bits per heavy atom. The quantitative estimate of drug-likeness (QED) is 0.771. The molecule has 1 aliphatic carbocycles. The second-order valence-electron chi connectivity index (χ2n) is 4.89. The summed E-state index contributed by atoms with van der Waals surface area (Å²) in [5.41, 5.74) is 3.72. The third-order valence-electron chi connectivity index (χ3n) is 3.27. The monoisotopic (exact) mass is 265 g/mol. The van der Waals surface area contributed by atoms with Gasteiger partial charge in [0.25, 0.3) is 5.92 Å². The Hall–Kier alpha value is -1.17. The fourth-order valence-corrected chi connectivity index (χ4v) is 2.31. The van der Waals surface area contributed by atoms with Crippen molar-refractivity contribution in [3.8, 4) is 0 Å². The van der Waals surface area contributed by atoms with Crippen LogP contribution in [-0.2, 0) is 11.7 Å². The molecule has 0 atom stereocenters. The number of hydrogen-bond donors (Lipinski definition) is 1. The second kappa shape index (κ2) is 3.66. The van der Waals surface area contributed by atoms with Crippen LogP contribution in [0.15, 0.2) is 18.2 Å². The van der Waals surface area contributed by atoms with Crippen LogP contribution in [0.1, 0.15) is 29.5 Å². The maximum Gasteiger partial charge on any atom is 0.416 e. The molecule has 0 unspecified atom stereocenters. The minimum absolute atomic E-state index is 0.0564. The van der Waals surface area contributed by atoms with Gasteiger partial charge in [0, 0.05) is 12.8 Å². The van der Waals surface area contributed by atoms with Gasteiger partial charge in [0.15, 0.2) is 0 Å². The zero-order chi connectivity index (χ0) is 13.8. The third kappa shape index (κ3) is 2.21. The highest BCUT2D eigenvalue weighted by Crippen LogP contribution is 2.50. The van der Waals surface area contributed by atoms with Gasteiger partial charge in [-0.1, -0.05) is 12.1 Å². The van der Waals surface area contributed by atoms with E-state index in [2.05, 4.69) is 0 Å². The van der Waals surface area contributed by atoms with E-state index in [1.165, 1.54) is 19.1 Å². The van der Waals surface area contributed by atoms with Gasteiger partial charge in [-0.15, -0.1) is 0 Å². The van der Waals surface area contributed by atoms with Gasteiger partial charge in [-0.3, -0.25) is 0 Å². The lowest BCUT2D eigenvalue weighted by Crippen LogP contribution is -2.55. The minimum atomic E-state index is -4.50. The maximum absolute atomic E-state index is 12.8. The SMILES string of the molecule is Cc1ccc(C2(N)CC(F)(F)C2)cc1C(F)(F)F. The summed E-state index contributed by atoms with van der Waals surface area (Å²) in [4.78, 5) is 0. The van der Waals surface area contributed by atoms with Crippen molar-refractivity contribution in [2.24, 2.45) is 5.73 Å². The molecule has 1 aromatic carbocycles. The summed E-state index contributed by atoms with van der Waals surface area (Å²) in [6.07, 6.45) is -5.72. The van der Waals surface area contributed by atoms with Gasteiger partial charge in [0.05, 0.1) is 11.1 Å². The van der Waals surface area contributed by atoms with Crippen molar-refractivity contribution < 1.29 is 22.0 Å². The topological polar surface area (TPSA) is 26.0 Å². The molecule has 0 aromatic heterocycles. The predicted octanol–water partition coefficient (Wildman–Crippen LogP) is 3.60. The summed E-state index contributed by atoms with van der Waals surface area (Å²) in [5, 5.41) is 0. The standard InChI is InChI=1S/C12H12F5N/c1-7-2-3-8(4-9(7)12(15,16)17)10(18)5-11(13,14)6-10/h2-4H,5-6,18H2,1H3. The number of nitrogens with two attached hydrogens (primary N) is 1. The van der Waals surface area contributed by atoms with E-state index in [0.717, 1.165) is 6.07 Å². The molecule has 0 spiro atoms. The van der Waals surface area contributed by atoms with Gasteiger partial charge in [-0.05, 0) is 24.1 Å². The average Bonchev–Trinajstić information content (AvgIpc) is 2.12. The van der Waals surface area contributed by atoms with Crippen molar-refractivity contribution in [3.05, 3.63) is 34.9 Å². The van der Waals surface area contributed by atoms with Crippen LogP contribution in [0.5, 0.6) is 0 Å². The zero-order valence-corrected chi connectivity index (χ0v) is 9.61. The summed E-state index contributed by atoms with van der Waals surface area (Å²) < 4.78 is 63.8. The Labute approximate surface area is 101 Å². The fraction of sp³-hybridized carbons (Fsp3) is 0.500. The molecule has 0 heterocycles. The number of halogens is 5. The first kappa shape index (κ1) is 13.3. The van der Waals surface area contributed by atoms with Gasteiger partial charge in [-0.2, -0.15) is 13.2 Å². The van der Waals surface area contributed by atoms with Crippen molar-refractivity contribution in [1.29, 1.82) is 0 Å². The van der Waals surface area contributed by atoms with E-state index in [4.69, 9.17) is 5.73 Å². The van der Waals surface area contributed by atoms with Crippen LogP contribution in [-0.4, -0.2) is 5.92 Å². The molecule has 1 aromatic rings. The summed E-state index contributed by atoms with van der Waals surface area (Å²) >= 11 is 0. The molecule has 100 valence electrons. The van der Waals surface area contributed by atoms with E-state index in [-0.39, 0.29) is 11.1 Å².